The van der Waals surface area contributed by atoms with Crippen LogP contribution in [0.3, 0.4) is 0 Å². The maximum atomic E-state index is 11.3. The fourth-order valence-corrected chi connectivity index (χ4v) is 2.45. The van der Waals surface area contributed by atoms with Crippen LogP contribution in [0.15, 0.2) is 11.1 Å². The van der Waals surface area contributed by atoms with Gasteiger partial charge in [0.15, 0.2) is 9.84 Å². The Balaban J connectivity index is 4.47. The first-order chi connectivity index (χ1) is 6.16. The normalized spacial score (nSPS) is 16.7. The number of hydrogen-bond donors (Lipinski definition) is 0. The van der Waals surface area contributed by atoms with E-state index < -0.39 is 9.84 Å². The molecule has 0 aliphatic heterocycles. The van der Waals surface area contributed by atoms with Gasteiger partial charge in [0.1, 0.15) is 0 Å². The second-order valence-corrected chi connectivity index (χ2v) is 7.23. The van der Waals surface area contributed by atoms with Gasteiger partial charge >= 0.3 is 0 Å². The van der Waals surface area contributed by atoms with Crippen LogP contribution in [0.25, 0.3) is 0 Å². The summed E-state index contributed by atoms with van der Waals surface area (Å²) in [7, 11) is -1.08. The van der Waals surface area contributed by atoms with E-state index in [1.807, 2.05) is 18.9 Å². The summed E-state index contributed by atoms with van der Waals surface area (Å²) in [6.45, 7) is 8.01. The molecule has 0 heterocycles. The Labute approximate surface area is 95.2 Å². The lowest BCUT2D eigenvalue weighted by Crippen LogP contribution is -2.41. The van der Waals surface area contributed by atoms with Crippen molar-refractivity contribution in [3.63, 3.8) is 0 Å². The smallest absolute Gasteiger partial charge is 0.151 e. The van der Waals surface area contributed by atoms with Gasteiger partial charge < -0.3 is 0 Å². The second kappa shape index (κ2) is 5.28. The van der Waals surface area contributed by atoms with E-state index >= 15 is 0 Å². The van der Waals surface area contributed by atoms with Gasteiger partial charge in [-0.3, -0.25) is 4.90 Å². The van der Waals surface area contributed by atoms with E-state index in [9.17, 15) is 8.42 Å². The Kier molecular flexibility index (Phi) is 5.33. The molecule has 0 amide bonds. The minimum absolute atomic E-state index is 0.0145. The molecule has 0 aromatic rings. The lowest BCUT2D eigenvalue weighted by Gasteiger charge is -2.28. The summed E-state index contributed by atoms with van der Waals surface area (Å²) in [6.07, 6.45) is 1.27. The SMILES string of the molecule is C=C(Br)CN(C)[C@H](C)[C@H](C)S(C)(=O)=O. The fourth-order valence-electron chi connectivity index (χ4n) is 1.13. The fraction of sp³-hybridized carbons (Fsp3) is 0.778. The third-order valence-electron chi connectivity index (χ3n) is 2.47. The van der Waals surface area contributed by atoms with Crippen LogP contribution >= 0.6 is 15.9 Å². The number of halogens is 1. The average Bonchev–Trinajstić information content (AvgIpc) is 1.98. The van der Waals surface area contributed by atoms with Gasteiger partial charge in [-0.05, 0) is 20.9 Å². The number of rotatable bonds is 5. The number of hydrogen-bond acceptors (Lipinski definition) is 3. The van der Waals surface area contributed by atoms with Gasteiger partial charge in [0.2, 0.25) is 0 Å². The maximum Gasteiger partial charge on any atom is 0.151 e. The van der Waals surface area contributed by atoms with Crippen molar-refractivity contribution in [2.24, 2.45) is 0 Å². The Hall–Kier alpha value is 0.130. The Bertz CT molecular complexity index is 300. The highest BCUT2D eigenvalue weighted by Crippen LogP contribution is 2.12. The van der Waals surface area contributed by atoms with Crippen molar-refractivity contribution < 1.29 is 8.42 Å². The molecule has 14 heavy (non-hydrogen) atoms. The zero-order chi connectivity index (χ0) is 11.5. The van der Waals surface area contributed by atoms with Crippen LogP contribution < -0.4 is 0 Å². The van der Waals surface area contributed by atoms with Gasteiger partial charge in [-0.25, -0.2) is 8.42 Å². The van der Waals surface area contributed by atoms with E-state index in [-0.39, 0.29) is 11.3 Å². The lowest BCUT2D eigenvalue weighted by molar-refractivity contribution is 0.278. The van der Waals surface area contributed by atoms with E-state index in [0.29, 0.717) is 6.54 Å². The number of sulfone groups is 1. The van der Waals surface area contributed by atoms with Crippen molar-refractivity contribution in [3.05, 3.63) is 11.1 Å². The molecule has 0 fully saturated rings. The molecule has 0 bridgehead atoms. The first-order valence-corrected chi connectivity index (χ1v) is 7.13. The average molecular weight is 284 g/mol. The number of nitrogens with zero attached hydrogens (tertiary/aromatic N) is 1. The summed E-state index contributed by atoms with van der Waals surface area (Å²) in [5.74, 6) is 0. The van der Waals surface area contributed by atoms with Gasteiger partial charge in [-0.1, -0.05) is 22.5 Å². The van der Waals surface area contributed by atoms with Crippen molar-refractivity contribution in [2.45, 2.75) is 25.1 Å². The van der Waals surface area contributed by atoms with Gasteiger partial charge in [0.05, 0.1) is 5.25 Å². The van der Waals surface area contributed by atoms with Crippen molar-refractivity contribution in [1.29, 1.82) is 0 Å². The first kappa shape index (κ1) is 14.1. The highest BCUT2D eigenvalue weighted by atomic mass is 79.9. The second-order valence-electron chi connectivity index (χ2n) is 3.71. The van der Waals surface area contributed by atoms with Gasteiger partial charge in [-0.15, -0.1) is 0 Å². The lowest BCUT2D eigenvalue weighted by atomic mass is 10.2. The predicted molar refractivity (Wildman–Crippen MR) is 64.5 cm³/mol. The molecule has 0 aliphatic rings. The van der Waals surface area contributed by atoms with E-state index in [1.165, 1.54) is 6.26 Å². The molecule has 3 nitrogen and oxygen atoms in total. The minimum atomic E-state index is -2.97. The molecule has 5 heteroatoms. The van der Waals surface area contributed by atoms with E-state index in [1.54, 1.807) is 6.92 Å². The van der Waals surface area contributed by atoms with Crippen molar-refractivity contribution in [2.75, 3.05) is 19.8 Å². The van der Waals surface area contributed by atoms with Crippen molar-refractivity contribution >= 4 is 25.8 Å². The molecule has 0 unspecified atom stereocenters. The Morgan fingerprint density at radius 2 is 1.93 bits per heavy atom. The molecule has 0 aliphatic carbocycles. The standard InChI is InChI=1S/C9H18BrNO2S/c1-7(10)6-11(4)8(2)9(3)14(5,12)13/h8-9H,1,6H2,2-5H3/t8-,9+/m1/s1. The third kappa shape index (κ3) is 4.57. The summed E-state index contributed by atoms with van der Waals surface area (Å²) in [5.41, 5.74) is 0. The summed E-state index contributed by atoms with van der Waals surface area (Å²) in [6, 6.07) is -0.0145. The van der Waals surface area contributed by atoms with Crippen LogP contribution in [0, 0.1) is 0 Å². The molecular weight excluding hydrogens is 266 g/mol. The molecule has 2 atom stereocenters. The van der Waals surface area contributed by atoms with Crippen LogP contribution in [-0.2, 0) is 9.84 Å². The largest absolute Gasteiger partial charge is 0.298 e. The molecular formula is C9H18BrNO2S. The summed E-state index contributed by atoms with van der Waals surface area (Å²) in [4.78, 5) is 1.96. The Morgan fingerprint density at radius 3 is 2.21 bits per heavy atom. The molecule has 0 aromatic heterocycles. The van der Waals surface area contributed by atoms with Crippen molar-refractivity contribution in [3.8, 4) is 0 Å². The quantitative estimate of drug-likeness (QED) is 0.770. The van der Waals surface area contributed by atoms with Gasteiger partial charge in [-0.2, -0.15) is 0 Å². The zero-order valence-corrected chi connectivity index (χ0v) is 11.5. The van der Waals surface area contributed by atoms with Gasteiger partial charge in [0.25, 0.3) is 0 Å². The number of likely N-dealkylation sites (N-methyl/N-ethyl adjacent to an activating group) is 1. The highest BCUT2D eigenvalue weighted by molar-refractivity contribution is 9.11. The van der Waals surface area contributed by atoms with Crippen LogP contribution in [0.1, 0.15) is 13.8 Å². The molecule has 0 spiro atoms. The topological polar surface area (TPSA) is 37.4 Å². The zero-order valence-electron chi connectivity index (χ0n) is 9.12. The summed E-state index contributed by atoms with van der Waals surface area (Å²) < 4.78 is 23.5. The van der Waals surface area contributed by atoms with E-state index in [2.05, 4.69) is 22.5 Å². The maximum absolute atomic E-state index is 11.3. The van der Waals surface area contributed by atoms with Crippen LogP contribution in [-0.4, -0.2) is 44.5 Å². The molecule has 0 saturated heterocycles. The predicted octanol–water partition coefficient (Wildman–Crippen LogP) is 1.65. The van der Waals surface area contributed by atoms with Crippen LogP contribution in [0.2, 0.25) is 0 Å². The first-order valence-electron chi connectivity index (χ1n) is 4.38. The van der Waals surface area contributed by atoms with Crippen molar-refractivity contribution in [1.82, 2.24) is 4.90 Å². The molecule has 0 N–H and O–H groups in total. The molecule has 0 rings (SSSR count). The Morgan fingerprint density at radius 1 is 1.50 bits per heavy atom. The molecule has 0 radical (unpaired) electrons. The summed E-state index contributed by atoms with van der Waals surface area (Å²) >= 11 is 3.26. The van der Waals surface area contributed by atoms with Crippen LogP contribution in [0.5, 0.6) is 0 Å². The molecule has 84 valence electrons. The third-order valence-corrected chi connectivity index (χ3v) is 4.47. The molecule has 0 aromatic carbocycles. The summed E-state index contributed by atoms with van der Waals surface area (Å²) in [5, 5.41) is -0.362. The minimum Gasteiger partial charge on any atom is -0.298 e. The monoisotopic (exact) mass is 283 g/mol. The van der Waals surface area contributed by atoms with E-state index in [0.717, 1.165) is 4.48 Å². The van der Waals surface area contributed by atoms with Gasteiger partial charge in [0, 0.05) is 23.3 Å². The van der Waals surface area contributed by atoms with E-state index in [4.69, 9.17) is 0 Å². The van der Waals surface area contributed by atoms with Crippen LogP contribution in [0.4, 0.5) is 0 Å². The highest BCUT2D eigenvalue weighted by Gasteiger charge is 2.25. The molecule has 0 saturated carbocycles.